The van der Waals surface area contributed by atoms with Gasteiger partial charge in [-0.1, -0.05) is 63.2 Å². The smallest absolute Gasteiger partial charge is 0.320 e. The highest BCUT2D eigenvalue weighted by Gasteiger charge is 2.39. The average molecular weight is 498 g/mol. The highest BCUT2D eigenvalue weighted by atomic mass is 19.1. The van der Waals surface area contributed by atoms with Crippen LogP contribution in [0.4, 0.5) is 13.6 Å². The number of hydrogen-bond acceptors (Lipinski definition) is 3. The maximum Gasteiger partial charge on any atom is 0.320 e. The van der Waals surface area contributed by atoms with Crippen LogP contribution in [0.15, 0.2) is 60.8 Å². The first-order valence-electron chi connectivity index (χ1n) is 12.2. The molecule has 2 amide bonds. The van der Waals surface area contributed by atoms with E-state index in [2.05, 4.69) is 0 Å². The molecule has 0 saturated carbocycles. The van der Waals surface area contributed by atoms with E-state index in [9.17, 15) is 13.6 Å². The lowest BCUT2D eigenvalue weighted by Crippen LogP contribution is -2.48. The summed E-state index contributed by atoms with van der Waals surface area (Å²) in [6.07, 6.45) is 2.22. The molecule has 0 radical (unpaired) electrons. The van der Waals surface area contributed by atoms with Crippen LogP contribution in [-0.2, 0) is 6.54 Å². The van der Waals surface area contributed by atoms with Crippen molar-refractivity contribution >= 4 is 6.03 Å². The van der Waals surface area contributed by atoms with Crippen molar-refractivity contribution in [2.75, 3.05) is 27.3 Å². The monoisotopic (exact) mass is 497 g/mol. The van der Waals surface area contributed by atoms with Crippen LogP contribution in [0.5, 0.6) is 0 Å². The highest BCUT2D eigenvalue weighted by molar-refractivity contribution is 5.74. The molecule has 36 heavy (non-hydrogen) atoms. The zero-order valence-electron chi connectivity index (χ0n) is 21.8. The van der Waals surface area contributed by atoms with Crippen molar-refractivity contribution in [2.45, 2.75) is 45.8 Å². The van der Waals surface area contributed by atoms with Gasteiger partial charge < -0.3 is 20.1 Å². The molecule has 3 rings (SSSR count). The van der Waals surface area contributed by atoms with E-state index in [1.807, 2.05) is 67.9 Å². The molecule has 1 heterocycles. The normalized spacial score (nSPS) is 13.3. The number of carbonyl (C=O) groups excluding carboxylic acids is 1. The number of aromatic nitrogens is 2. The maximum atomic E-state index is 14.1. The molecule has 3 aromatic rings. The van der Waals surface area contributed by atoms with Crippen molar-refractivity contribution < 1.29 is 13.6 Å². The molecule has 1 aromatic heterocycles. The van der Waals surface area contributed by atoms with Gasteiger partial charge in [0.05, 0.1) is 11.7 Å². The van der Waals surface area contributed by atoms with Gasteiger partial charge in [0.15, 0.2) is 0 Å². The Kier molecular flexibility index (Phi) is 8.84. The Morgan fingerprint density at radius 3 is 2.39 bits per heavy atom. The molecule has 2 N–H and O–H groups in total. The molecule has 0 spiro atoms. The molecule has 2 atom stereocenters. The molecule has 8 heteroatoms. The molecule has 0 saturated heterocycles. The third-order valence-electron chi connectivity index (χ3n) is 6.07. The lowest BCUT2D eigenvalue weighted by atomic mass is 9.84. The van der Waals surface area contributed by atoms with Crippen molar-refractivity contribution in [3.8, 4) is 11.3 Å². The fourth-order valence-corrected chi connectivity index (χ4v) is 4.31. The van der Waals surface area contributed by atoms with Gasteiger partial charge in [-0.25, -0.2) is 18.6 Å². The summed E-state index contributed by atoms with van der Waals surface area (Å²) in [5.41, 5.74) is 7.80. The van der Waals surface area contributed by atoms with Gasteiger partial charge in [-0.2, -0.15) is 0 Å². The van der Waals surface area contributed by atoms with Crippen LogP contribution in [0.2, 0.25) is 0 Å². The number of halogens is 2. The molecule has 0 aliphatic rings. The summed E-state index contributed by atoms with van der Waals surface area (Å²) in [5, 5.41) is 0. The summed E-state index contributed by atoms with van der Waals surface area (Å²) in [5.74, 6) is 0.332. The van der Waals surface area contributed by atoms with E-state index < -0.39 is 24.2 Å². The Bertz CT molecular complexity index is 1140. The Hall–Kier alpha value is -3.26. The van der Waals surface area contributed by atoms with Crippen molar-refractivity contribution in [3.63, 3.8) is 0 Å². The van der Waals surface area contributed by atoms with E-state index in [1.165, 1.54) is 17.0 Å². The first kappa shape index (κ1) is 27.3. The Labute approximate surface area is 212 Å². The van der Waals surface area contributed by atoms with Gasteiger partial charge in [-0.3, -0.25) is 0 Å². The number of alkyl halides is 1. The van der Waals surface area contributed by atoms with Gasteiger partial charge in [0.1, 0.15) is 18.3 Å². The second kappa shape index (κ2) is 11.6. The minimum atomic E-state index is -0.657. The number of urea groups is 1. The molecule has 6 nitrogen and oxygen atoms in total. The molecule has 0 aliphatic carbocycles. The lowest BCUT2D eigenvalue weighted by molar-refractivity contribution is 0.0899. The van der Waals surface area contributed by atoms with E-state index >= 15 is 0 Å². The largest absolute Gasteiger partial charge is 0.331 e. The number of amides is 2. The van der Waals surface area contributed by atoms with Crippen LogP contribution in [0.1, 0.15) is 44.6 Å². The summed E-state index contributed by atoms with van der Waals surface area (Å²) >= 11 is 0. The third kappa shape index (κ3) is 6.69. The number of nitrogens with two attached hydrogens (primary N) is 1. The maximum absolute atomic E-state index is 14.1. The molecule has 0 aliphatic heterocycles. The molecule has 2 aromatic carbocycles. The van der Waals surface area contributed by atoms with Gasteiger partial charge in [-0.15, -0.1) is 0 Å². The molecular weight excluding hydrogens is 460 g/mol. The van der Waals surface area contributed by atoms with Crippen molar-refractivity contribution in [1.82, 2.24) is 19.4 Å². The lowest BCUT2D eigenvalue weighted by Gasteiger charge is -2.41. The Morgan fingerprint density at radius 2 is 1.81 bits per heavy atom. The zero-order chi connectivity index (χ0) is 26.5. The highest BCUT2D eigenvalue weighted by Crippen LogP contribution is 2.39. The van der Waals surface area contributed by atoms with E-state index in [1.54, 1.807) is 25.1 Å². The number of benzene rings is 2. The van der Waals surface area contributed by atoms with Crippen LogP contribution < -0.4 is 5.73 Å². The first-order valence-corrected chi connectivity index (χ1v) is 12.2. The number of hydrogen-bond donors (Lipinski definition) is 1. The van der Waals surface area contributed by atoms with E-state index in [4.69, 9.17) is 10.7 Å². The quantitative estimate of drug-likeness (QED) is 0.425. The van der Waals surface area contributed by atoms with Crippen LogP contribution in [0.3, 0.4) is 0 Å². The van der Waals surface area contributed by atoms with Gasteiger partial charge in [0.25, 0.3) is 0 Å². The van der Waals surface area contributed by atoms with Crippen LogP contribution >= 0.6 is 0 Å². The Morgan fingerprint density at radius 1 is 1.11 bits per heavy atom. The van der Waals surface area contributed by atoms with Gasteiger partial charge in [-0.05, 0) is 29.5 Å². The summed E-state index contributed by atoms with van der Waals surface area (Å²) in [6.45, 7) is 6.29. The number of nitrogens with zero attached hydrogens (tertiary/aromatic N) is 4. The standard InChI is InChI=1S/C28H37F2N5O/c1-28(2,3)25(35(27(36)33(4)5)15-14-23(31)17-29)26-32-24(21-12-9-13-22(30)16-21)19-34(26)18-20-10-7-6-8-11-20/h6-13,16,19,23,25H,14-15,17-18,31H2,1-5H3/t23-,25+/m1/s1. The first-order chi connectivity index (χ1) is 17.0. The van der Waals surface area contributed by atoms with E-state index in [0.717, 1.165) is 5.56 Å². The van der Waals surface area contributed by atoms with Gasteiger partial charge >= 0.3 is 6.03 Å². The summed E-state index contributed by atoms with van der Waals surface area (Å²) in [7, 11) is 3.39. The zero-order valence-corrected chi connectivity index (χ0v) is 21.8. The molecular formula is C28H37F2N5O. The third-order valence-corrected chi connectivity index (χ3v) is 6.07. The average Bonchev–Trinajstić information content (AvgIpc) is 3.23. The van der Waals surface area contributed by atoms with Crippen LogP contribution in [-0.4, -0.2) is 58.7 Å². The van der Waals surface area contributed by atoms with Crippen molar-refractivity contribution in [3.05, 3.63) is 78.0 Å². The second-order valence-corrected chi connectivity index (χ2v) is 10.5. The fraction of sp³-hybridized carbons (Fsp3) is 0.429. The van der Waals surface area contributed by atoms with E-state index in [-0.39, 0.29) is 18.4 Å². The van der Waals surface area contributed by atoms with Gasteiger partial charge in [0, 0.05) is 45.0 Å². The van der Waals surface area contributed by atoms with E-state index in [0.29, 0.717) is 30.0 Å². The van der Waals surface area contributed by atoms with Crippen molar-refractivity contribution in [1.29, 1.82) is 0 Å². The molecule has 194 valence electrons. The number of carbonyl (C=O) groups is 1. The summed E-state index contributed by atoms with van der Waals surface area (Å²) in [4.78, 5) is 21.6. The predicted octanol–water partition coefficient (Wildman–Crippen LogP) is 5.50. The summed E-state index contributed by atoms with van der Waals surface area (Å²) in [6, 6.07) is 15.0. The predicted molar refractivity (Wildman–Crippen MR) is 140 cm³/mol. The Balaban J connectivity index is 2.17. The fourth-order valence-electron chi connectivity index (χ4n) is 4.31. The SMILES string of the molecule is CN(C)C(=O)N(CC[C@@H](N)CF)[C@@H](c1nc(-c2cccc(F)c2)cn1Cc1ccccc1)C(C)(C)C. The molecule has 0 unspecified atom stereocenters. The van der Waals surface area contributed by atoms with Crippen LogP contribution in [0.25, 0.3) is 11.3 Å². The molecule has 0 fully saturated rings. The minimum Gasteiger partial charge on any atom is -0.331 e. The summed E-state index contributed by atoms with van der Waals surface area (Å²) < 4.78 is 29.3. The van der Waals surface area contributed by atoms with Gasteiger partial charge in [0.2, 0.25) is 0 Å². The second-order valence-electron chi connectivity index (χ2n) is 10.5. The van der Waals surface area contributed by atoms with Crippen LogP contribution in [0, 0.1) is 11.2 Å². The minimum absolute atomic E-state index is 0.206. The topological polar surface area (TPSA) is 67.4 Å². The number of rotatable bonds is 9. The van der Waals surface area contributed by atoms with Crippen molar-refractivity contribution in [2.24, 2.45) is 11.1 Å². The molecule has 0 bridgehead atoms. The number of imidazole rings is 1.